The molecule has 186 valence electrons. The van der Waals surface area contributed by atoms with E-state index in [0.29, 0.717) is 4.57 Å². The Bertz CT molecular complexity index is 1580. The average Bonchev–Trinajstić information content (AvgIpc) is 2.85. The fourth-order valence-corrected chi connectivity index (χ4v) is 4.36. The van der Waals surface area contributed by atoms with Crippen LogP contribution in [0.25, 0.3) is 5.69 Å². The van der Waals surface area contributed by atoms with Crippen LogP contribution in [0.4, 0.5) is 4.39 Å². The predicted octanol–water partition coefficient (Wildman–Crippen LogP) is 3.36. The zero-order valence-electron chi connectivity index (χ0n) is 19.0. The van der Waals surface area contributed by atoms with Gasteiger partial charge in [0.15, 0.2) is 11.6 Å². The molecule has 0 saturated heterocycles. The van der Waals surface area contributed by atoms with Gasteiger partial charge in [-0.25, -0.2) is 32.5 Å². The maximum absolute atomic E-state index is 15.2. The van der Waals surface area contributed by atoms with Crippen LogP contribution >= 0.6 is 23.2 Å². The number of nitrogens with zero attached hydrogens (tertiary/aromatic N) is 3. The number of hydrogen-bond donors (Lipinski definition) is 1. The number of hydrogen-bond acceptors (Lipinski definition) is 5. The second kappa shape index (κ2) is 10.5. The van der Waals surface area contributed by atoms with E-state index < -0.39 is 34.7 Å². The summed E-state index contributed by atoms with van der Waals surface area (Å²) in [7, 11) is 1.25. The molecule has 0 amide bonds. The molecule has 1 aromatic heterocycles. The number of ether oxygens (including phenoxy) is 1. The van der Waals surface area contributed by atoms with Crippen LogP contribution < -0.4 is 27.5 Å². The molecule has 0 saturated carbocycles. The molecule has 0 aliphatic heterocycles. The SMILES string of the molecule is COc1cccc(-n2c(=O)n(Cc3c(Cl)cccc3Cl)c(=O)n(C(N)Cc3ccccc3)c2=O)c1F. The van der Waals surface area contributed by atoms with Gasteiger partial charge in [0.25, 0.3) is 0 Å². The molecule has 36 heavy (non-hydrogen) atoms. The minimum Gasteiger partial charge on any atom is -0.494 e. The van der Waals surface area contributed by atoms with Gasteiger partial charge in [-0.1, -0.05) is 65.7 Å². The van der Waals surface area contributed by atoms with Gasteiger partial charge in [0.1, 0.15) is 0 Å². The van der Waals surface area contributed by atoms with Gasteiger partial charge in [-0.05, 0) is 29.8 Å². The average molecular weight is 531 g/mol. The lowest BCUT2D eigenvalue weighted by Gasteiger charge is -2.19. The summed E-state index contributed by atoms with van der Waals surface area (Å²) in [6.07, 6.45) is -1.07. The van der Waals surface area contributed by atoms with Crippen molar-refractivity contribution in [3.8, 4) is 11.4 Å². The zero-order chi connectivity index (χ0) is 26.0. The first-order valence-corrected chi connectivity index (χ1v) is 11.5. The summed E-state index contributed by atoms with van der Waals surface area (Å²) in [5, 5.41) is 0.415. The third-order valence-corrected chi connectivity index (χ3v) is 6.37. The summed E-state index contributed by atoms with van der Waals surface area (Å²) in [6, 6.07) is 17.6. The number of methoxy groups -OCH3 is 1. The monoisotopic (exact) mass is 530 g/mol. The van der Waals surface area contributed by atoms with E-state index in [-0.39, 0.29) is 34.3 Å². The van der Waals surface area contributed by atoms with E-state index in [9.17, 15) is 14.4 Å². The Morgan fingerprint density at radius 1 is 0.889 bits per heavy atom. The molecule has 1 heterocycles. The van der Waals surface area contributed by atoms with Gasteiger partial charge in [0.05, 0.1) is 25.5 Å². The Morgan fingerprint density at radius 3 is 2.17 bits per heavy atom. The van der Waals surface area contributed by atoms with E-state index in [0.717, 1.165) is 14.7 Å². The van der Waals surface area contributed by atoms with Gasteiger partial charge >= 0.3 is 17.1 Å². The minimum absolute atomic E-state index is 0.0988. The molecule has 0 aliphatic carbocycles. The highest BCUT2D eigenvalue weighted by Crippen LogP contribution is 2.25. The summed E-state index contributed by atoms with van der Waals surface area (Å²) in [6.45, 7) is -0.375. The second-order valence-corrected chi connectivity index (χ2v) is 8.70. The molecule has 0 aliphatic rings. The number of halogens is 3. The van der Waals surface area contributed by atoms with Gasteiger partial charge in [0, 0.05) is 22.0 Å². The smallest absolute Gasteiger partial charge is 0.342 e. The molecule has 8 nitrogen and oxygen atoms in total. The molecule has 0 spiro atoms. The maximum Gasteiger partial charge on any atom is 0.342 e. The first-order valence-electron chi connectivity index (χ1n) is 10.8. The molecule has 3 aromatic carbocycles. The first-order chi connectivity index (χ1) is 17.2. The van der Waals surface area contributed by atoms with Gasteiger partial charge in [-0.2, -0.15) is 0 Å². The molecular formula is C25H21Cl2FN4O4. The summed E-state index contributed by atoms with van der Waals surface area (Å²) in [5.74, 6) is -1.14. The van der Waals surface area contributed by atoms with Gasteiger partial charge in [-0.15, -0.1) is 0 Å². The van der Waals surface area contributed by atoms with Crippen molar-refractivity contribution < 1.29 is 9.13 Å². The molecule has 0 fully saturated rings. The standard InChI is InChI=1S/C25H21Cl2FN4O4/c1-36-20-12-6-11-19(22(20)28)31-23(33)30(14-16-17(26)9-5-10-18(16)27)24(34)32(25(31)35)21(29)13-15-7-3-2-4-8-15/h2-12,21H,13-14,29H2,1H3. The Kier molecular flexibility index (Phi) is 7.44. The fraction of sp³-hybridized carbons (Fsp3) is 0.160. The van der Waals surface area contributed by atoms with Crippen LogP contribution in [0.5, 0.6) is 5.75 Å². The normalized spacial score (nSPS) is 11.9. The molecule has 2 N–H and O–H groups in total. The first kappa shape index (κ1) is 25.4. The van der Waals surface area contributed by atoms with Crippen molar-refractivity contribution in [2.75, 3.05) is 7.11 Å². The summed E-state index contributed by atoms with van der Waals surface area (Å²) < 4.78 is 22.2. The van der Waals surface area contributed by atoms with Crippen LogP contribution in [0, 0.1) is 5.82 Å². The van der Waals surface area contributed by atoms with Crippen LogP contribution in [0.2, 0.25) is 10.0 Å². The van der Waals surface area contributed by atoms with Crippen molar-refractivity contribution in [3.63, 3.8) is 0 Å². The van der Waals surface area contributed by atoms with Crippen LogP contribution in [-0.4, -0.2) is 20.8 Å². The Morgan fingerprint density at radius 2 is 1.53 bits per heavy atom. The number of benzene rings is 3. The molecule has 1 unspecified atom stereocenters. The Balaban J connectivity index is 2.00. The molecule has 0 radical (unpaired) electrons. The number of nitrogens with two attached hydrogens (primary N) is 1. The second-order valence-electron chi connectivity index (χ2n) is 7.89. The molecular weight excluding hydrogens is 510 g/mol. The molecule has 0 bridgehead atoms. The van der Waals surface area contributed by atoms with Crippen molar-refractivity contribution >= 4 is 23.2 Å². The molecule has 11 heteroatoms. The third-order valence-electron chi connectivity index (χ3n) is 5.66. The van der Waals surface area contributed by atoms with Crippen LogP contribution in [0.15, 0.2) is 81.1 Å². The number of rotatable bonds is 7. The van der Waals surface area contributed by atoms with E-state index >= 15 is 4.39 Å². The van der Waals surface area contributed by atoms with E-state index in [1.807, 2.05) is 6.07 Å². The van der Waals surface area contributed by atoms with E-state index in [4.69, 9.17) is 33.7 Å². The van der Waals surface area contributed by atoms with Gasteiger partial charge in [-0.3, -0.25) is 0 Å². The summed E-state index contributed by atoms with van der Waals surface area (Å²) in [4.78, 5) is 40.5. The fourth-order valence-electron chi connectivity index (χ4n) is 3.85. The molecule has 4 rings (SSSR count). The number of aromatic nitrogens is 3. The highest BCUT2D eigenvalue weighted by atomic mass is 35.5. The van der Waals surface area contributed by atoms with Crippen LogP contribution in [-0.2, 0) is 13.0 Å². The lowest BCUT2D eigenvalue weighted by molar-refractivity contribution is 0.382. The van der Waals surface area contributed by atoms with Gasteiger partial charge < -0.3 is 10.5 Å². The summed E-state index contributed by atoms with van der Waals surface area (Å²) >= 11 is 12.5. The maximum atomic E-state index is 15.2. The zero-order valence-corrected chi connectivity index (χ0v) is 20.5. The minimum atomic E-state index is -1.17. The van der Waals surface area contributed by atoms with Crippen molar-refractivity contribution in [2.45, 2.75) is 19.1 Å². The van der Waals surface area contributed by atoms with Gasteiger partial charge in [0.2, 0.25) is 0 Å². The van der Waals surface area contributed by atoms with Crippen molar-refractivity contribution in [1.82, 2.24) is 13.7 Å². The summed E-state index contributed by atoms with van der Waals surface area (Å²) in [5.41, 5.74) is 3.77. The lowest BCUT2D eigenvalue weighted by Crippen LogP contribution is -2.56. The van der Waals surface area contributed by atoms with E-state index in [2.05, 4.69) is 0 Å². The highest BCUT2D eigenvalue weighted by molar-refractivity contribution is 6.35. The molecule has 4 aromatic rings. The van der Waals surface area contributed by atoms with Crippen LogP contribution in [0.1, 0.15) is 17.3 Å². The quantitative estimate of drug-likeness (QED) is 0.394. The van der Waals surface area contributed by atoms with Crippen molar-refractivity contribution in [3.05, 3.63) is 125 Å². The van der Waals surface area contributed by atoms with Crippen molar-refractivity contribution in [1.29, 1.82) is 0 Å². The highest BCUT2D eigenvalue weighted by Gasteiger charge is 2.24. The lowest BCUT2D eigenvalue weighted by atomic mass is 10.1. The van der Waals surface area contributed by atoms with E-state index in [1.165, 1.54) is 25.3 Å². The van der Waals surface area contributed by atoms with E-state index in [1.54, 1.807) is 42.5 Å². The molecule has 1 atom stereocenters. The Labute approximate surface area is 214 Å². The van der Waals surface area contributed by atoms with Crippen LogP contribution in [0.3, 0.4) is 0 Å². The third kappa shape index (κ3) is 4.73. The largest absolute Gasteiger partial charge is 0.494 e. The topological polar surface area (TPSA) is 101 Å². The predicted molar refractivity (Wildman–Crippen MR) is 136 cm³/mol. The Hall–Kier alpha value is -3.66. The van der Waals surface area contributed by atoms with Crippen molar-refractivity contribution in [2.24, 2.45) is 5.73 Å².